The number of hydrogen-bond acceptors (Lipinski definition) is 6. The molecule has 0 aliphatic heterocycles. The van der Waals surface area contributed by atoms with Crippen molar-refractivity contribution in [3.05, 3.63) is 89.5 Å². The van der Waals surface area contributed by atoms with Crippen LogP contribution in [0.3, 0.4) is 0 Å². The third kappa shape index (κ3) is 4.69. The number of nitrogens with zero attached hydrogens (tertiary/aromatic N) is 2. The van der Waals surface area contributed by atoms with Crippen LogP contribution in [0.15, 0.2) is 67.0 Å². The van der Waals surface area contributed by atoms with Crippen LogP contribution in [-0.2, 0) is 22.4 Å². The molecule has 4 aromatic rings. The minimum atomic E-state index is -0.916. The van der Waals surface area contributed by atoms with Crippen LogP contribution in [0, 0.1) is 18.2 Å². The number of carbonyl (C=O) groups excluding carboxylic acids is 2. The first-order valence-electron chi connectivity index (χ1n) is 11.8. The van der Waals surface area contributed by atoms with Gasteiger partial charge >= 0.3 is 0 Å². The molecule has 1 saturated carbocycles. The quantitative estimate of drug-likeness (QED) is 0.289. The molecule has 0 N–H and O–H groups in total. The van der Waals surface area contributed by atoms with E-state index < -0.39 is 5.41 Å². The lowest BCUT2D eigenvalue weighted by Gasteiger charge is -2.14. The highest BCUT2D eigenvalue weighted by Gasteiger charge is 2.54. The van der Waals surface area contributed by atoms with Gasteiger partial charge in [-0.25, -0.2) is 14.4 Å². The van der Waals surface area contributed by atoms with Crippen LogP contribution in [0.2, 0.25) is 0 Å². The number of carbonyl (C=O) groups is 2. The van der Waals surface area contributed by atoms with Gasteiger partial charge in [0.25, 0.3) is 0 Å². The second kappa shape index (κ2) is 9.49. The van der Waals surface area contributed by atoms with Gasteiger partial charge in [0.2, 0.25) is 5.88 Å². The predicted molar refractivity (Wildman–Crippen MR) is 133 cm³/mol. The van der Waals surface area contributed by atoms with E-state index in [0.29, 0.717) is 30.0 Å². The molecule has 7 heteroatoms. The number of methoxy groups -OCH3 is 1. The van der Waals surface area contributed by atoms with Gasteiger partial charge in [0.1, 0.15) is 23.6 Å². The summed E-state index contributed by atoms with van der Waals surface area (Å²) < 4.78 is 24.6. The number of ketones is 2. The molecule has 0 bridgehead atoms. The van der Waals surface area contributed by atoms with E-state index in [1.165, 1.54) is 18.5 Å². The zero-order chi connectivity index (χ0) is 25.3. The van der Waals surface area contributed by atoms with Crippen LogP contribution in [0.1, 0.15) is 29.5 Å². The normalized spacial score (nSPS) is 13.9. The standard InChI is InChI=1S/C29H25FN2O4/c1-18-13-24-23(16-25(18)35-2)28(32-17-31-24)36-22-9-5-20(6-10-22)15-27(34)29(11-12-29)26(33)14-19-3-7-21(30)8-4-19/h3-10,13,16-17H,11-12,14-15H2,1-2H3. The Balaban J connectivity index is 1.27. The first kappa shape index (κ1) is 23.6. The number of fused-ring (bicyclic) bond motifs is 1. The summed E-state index contributed by atoms with van der Waals surface area (Å²) in [6.07, 6.45) is 2.89. The summed E-state index contributed by atoms with van der Waals surface area (Å²) in [6.45, 7) is 1.95. The second-order valence-electron chi connectivity index (χ2n) is 9.17. The summed E-state index contributed by atoms with van der Waals surface area (Å²) in [7, 11) is 1.61. The molecule has 0 unspecified atom stereocenters. The smallest absolute Gasteiger partial charge is 0.230 e. The van der Waals surface area contributed by atoms with Crippen LogP contribution < -0.4 is 9.47 Å². The fraction of sp³-hybridized carbons (Fsp3) is 0.241. The molecular weight excluding hydrogens is 459 g/mol. The summed E-state index contributed by atoms with van der Waals surface area (Å²) in [5, 5.41) is 0.731. The Bertz CT molecular complexity index is 1450. The Hall–Kier alpha value is -4.13. The van der Waals surface area contributed by atoms with E-state index in [9.17, 15) is 14.0 Å². The first-order valence-corrected chi connectivity index (χ1v) is 11.8. The van der Waals surface area contributed by atoms with Gasteiger partial charge in [-0.1, -0.05) is 24.3 Å². The zero-order valence-electron chi connectivity index (χ0n) is 20.1. The van der Waals surface area contributed by atoms with E-state index in [0.717, 1.165) is 27.8 Å². The van der Waals surface area contributed by atoms with Crippen molar-refractivity contribution in [3.8, 4) is 17.4 Å². The predicted octanol–water partition coefficient (Wildman–Crippen LogP) is 5.58. The highest BCUT2D eigenvalue weighted by Crippen LogP contribution is 2.48. The van der Waals surface area contributed by atoms with Gasteiger partial charge in [-0.3, -0.25) is 9.59 Å². The SMILES string of the molecule is COc1cc2c(Oc3ccc(CC(=O)C4(C(=O)Cc5ccc(F)cc5)CC4)cc3)ncnc2cc1C. The van der Waals surface area contributed by atoms with E-state index in [2.05, 4.69) is 9.97 Å². The van der Waals surface area contributed by atoms with Crippen LogP contribution in [-0.4, -0.2) is 28.6 Å². The van der Waals surface area contributed by atoms with Crippen LogP contribution in [0.25, 0.3) is 10.9 Å². The molecule has 0 saturated heterocycles. The molecule has 6 nitrogen and oxygen atoms in total. The van der Waals surface area contributed by atoms with Crippen LogP contribution >= 0.6 is 0 Å². The third-order valence-corrected chi connectivity index (χ3v) is 6.71. The van der Waals surface area contributed by atoms with E-state index >= 15 is 0 Å². The van der Waals surface area contributed by atoms with E-state index in [4.69, 9.17) is 9.47 Å². The Morgan fingerprint density at radius 2 is 1.53 bits per heavy atom. The van der Waals surface area contributed by atoms with Gasteiger partial charge in [0.05, 0.1) is 23.4 Å². The number of hydrogen-bond donors (Lipinski definition) is 0. The lowest BCUT2D eigenvalue weighted by Crippen LogP contribution is -2.28. The van der Waals surface area contributed by atoms with E-state index in [-0.39, 0.29) is 30.2 Å². The summed E-state index contributed by atoms with van der Waals surface area (Å²) in [5.74, 6) is 1.18. The van der Waals surface area contributed by atoms with Crippen LogP contribution in [0.5, 0.6) is 17.4 Å². The Kier molecular flexibility index (Phi) is 6.22. The first-order chi connectivity index (χ1) is 17.4. The topological polar surface area (TPSA) is 78.4 Å². The van der Waals surface area contributed by atoms with Crippen LogP contribution in [0.4, 0.5) is 4.39 Å². The Morgan fingerprint density at radius 3 is 2.11 bits per heavy atom. The van der Waals surface area contributed by atoms with E-state index in [1.807, 2.05) is 31.2 Å². The largest absolute Gasteiger partial charge is 0.496 e. The van der Waals surface area contributed by atoms with Crippen molar-refractivity contribution in [2.45, 2.75) is 32.6 Å². The molecule has 0 atom stereocenters. The molecular formula is C29H25FN2O4. The highest BCUT2D eigenvalue weighted by molar-refractivity contribution is 6.10. The molecule has 0 radical (unpaired) electrons. The average molecular weight is 485 g/mol. The van der Waals surface area contributed by atoms with Gasteiger partial charge < -0.3 is 9.47 Å². The fourth-order valence-electron chi connectivity index (χ4n) is 4.40. The monoisotopic (exact) mass is 484 g/mol. The fourth-order valence-corrected chi connectivity index (χ4v) is 4.40. The number of benzene rings is 3. The van der Waals surface area contributed by atoms with Crippen molar-refractivity contribution in [1.29, 1.82) is 0 Å². The number of ether oxygens (including phenoxy) is 2. The Labute approximate surface area is 208 Å². The minimum absolute atomic E-state index is 0.0764. The van der Waals surface area contributed by atoms with Gasteiger partial charge in [0, 0.05) is 12.8 Å². The van der Waals surface area contributed by atoms with Crippen molar-refractivity contribution in [1.82, 2.24) is 9.97 Å². The van der Waals surface area contributed by atoms with Crippen molar-refractivity contribution in [2.24, 2.45) is 5.41 Å². The maximum absolute atomic E-state index is 13.1. The lowest BCUT2D eigenvalue weighted by molar-refractivity contribution is -0.133. The van der Waals surface area contributed by atoms with Gasteiger partial charge in [-0.2, -0.15) is 0 Å². The number of halogens is 1. The number of aryl methyl sites for hydroxylation is 1. The summed E-state index contributed by atoms with van der Waals surface area (Å²) in [5.41, 5.74) is 2.32. The molecule has 0 spiro atoms. The molecule has 5 rings (SSSR count). The second-order valence-corrected chi connectivity index (χ2v) is 9.17. The number of Topliss-reactive ketones (excluding diaryl/α,β-unsaturated/α-hetero) is 2. The molecule has 1 aromatic heterocycles. The molecule has 1 aliphatic rings. The van der Waals surface area contributed by atoms with Gasteiger partial charge in [-0.15, -0.1) is 0 Å². The molecule has 1 fully saturated rings. The molecule has 0 amide bonds. The minimum Gasteiger partial charge on any atom is -0.496 e. The molecule has 182 valence electrons. The maximum atomic E-state index is 13.1. The van der Waals surface area contributed by atoms with E-state index in [1.54, 1.807) is 31.4 Å². The zero-order valence-corrected chi connectivity index (χ0v) is 20.1. The summed E-state index contributed by atoms with van der Waals surface area (Å²) in [6, 6.07) is 16.8. The third-order valence-electron chi connectivity index (χ3n) is 6.71. The number of rotatable bonds is 9. The molecule has 1 heterocycles. The Morgan fingerprint density at radius 1 is 0.917 bits per heavy atom. The molecule has 3 aromatic carbocycles. The van der Waals surface area contributed by atoms with Crippen molar-refractivity contribution in [3.63, 3.8) is 0 Å². The van der Waals surface area contributed by atoms with Crippen molar-refractivity contribution in [2.75, 3.05) is 7.11 Å². The van der Waals surface area contributed by atoms with Crippen molar-refractivity contribution < 1.29 is 23.5 Å². The maximum Gasteiger partial charge on any atom is 0.230 e. The average Bonchev–Trinajstić information content (AvgIpc) is 3.69. The summed E-state index contributed by atoms with van der Waals surface area (Å²) in [4.78, 5) is 34.5. The molecule has 36 heavy (non-hydrogen) atoms. The summed E-state index contributed by atoms with van der Waals surface area (Å²) >= 11 is 0. The van der Waals surface area contributed by atoms with Crippen molar-refractivity contribution >= 4 is 22.5 Å². The van der Waals surface area contributed by atoms with Gasteiger partial charge in [0.15, 0.2) is 11.6 Å². The molecule has 1 aliphatic carbocycles. The highest BCUT2D eigenvalue weighted by atomic mass is 19.1. The lowest BCUT2D eigenvalue weighted by atomic mass is 9.88. The van der Waals surface area contributed by atoms with Gasteiger partial charge in [-0.05, 0) is 72.9 Å². The number of aromatic nitrogens is 2.